The van der Waals surface area contributed by atoms with Gasteiger partial charge in [0.15, 0.2) is 0 Å². The van der Waals surface area contributed by atoms with Crippen molar-refractivity contribution in [3.63, 3.8) is 0 Å². The molecule has 0 unspecified atom stereocenters. The van der Waals surface area contributed by atoms with Crippen LogP contribution in [0.3, 0.4) is 0 Å². The van der Waals surface area contributed by atoms with E-state index in [2.05, 4.69) is 0 Å². The molecule has 0 spiro atoms. The molecule has 0 amide bonds. The molecular weight excluding hydrogens is 255 g/mol. The SMILES string of the molecule is CN(CCCCCN)S(=O)(=O)c1ccc(F)cc1. The van der Waals surface area contributed by atoms with Gasteiger partial charge in [-0.1, -0.05) is 6.42 Å². The Balaban J connectivity index is 2.65. The van der Waals surface area contributed by atoms with Gasteiger partial charge in [-0.05, 0) is 43.7 Å². The third-order valence-corrected chi connectivity index (χ3v) is 4.57. The molecular formula is C12H19FN2O2S. The van der Waals surface area contributed by atoms with Gasteiger partial charge in [0.25, 0.3) is 0 Å². The second-order valence-electron chi connectivity index (χ2n) is 4.13. The molecule has 0 saturated heterocycles. The maximum Gasteiger partial charge on any atom is 0.242 e. The number of hydrogen-bond donors (Lipinski definition) is 1. The maximum atomic E-state index is 12.7. The Morgan fingerprint density at radius 2 is 1.78 bits per heavy atom. The van der Waals surface area contributed by atoms with Crippen LogP contribution in [0.2, 0.25) is 0 Å². The Kier molecular flexibility index (Phi) is 5.71. The Labute approximate surface area is 108 Å². The van der Waals surface area contributed by atoms with E-state index in [-0.39, 0.29) is 4.90 Å². The summed E-state index contributed by atoms with van der Waals surface area (Å²) in [5.74, 6) is -0.445. The second kappa shape index (κ2) is 6.82. The molecule has 1 rings (SSSR count). The number of benzene rings is 1. The Bertz CT molecular complexity index is 459. The largest absolute Gasteiger partial charge is 0.330 e. The fraction of sp³-hybridized carbons (Fsp3) is 0.500. The highest BCUT2D eigenvalue weighted by Crippen LogP contribution is 2.15. The molecule has 0 aromatic heterocycles. The maximum absolute atomic E-state index is 12.7. The number of hydrogen-bond acceptors (Lipinski definition) is 3. The fourth-order valence-electron chi connectivity index (χ4n) is 1.56. The molecule has 18 heavy (non-hydrogen) atoms. The Morgan fingerprint density at radius 3 is 2.33 bits per heavy atom. The van der Waals surface area contributed by atoms with Gasteiger partial charge in [-0.3, -0.25) is 0 Å². The van der Waals surface area contributed by atoms with Crippen LogP contribution in [0.5, 0.6) is 0 Å². The van der Waals surface area contributed by atoms with E-state index in [1.54, 1.807) is 0 Å². The molecule has 102 valence electrons. The molecule has 0 aliphatic heterocycles. The van der Waals surface area contributed by atoms with E-state index in [1.807, 2.05) is 0 Å². The van der Waals surface area contributed by atoms with Crippen molar-refractivity contribution >= 4 is 10.0 Å². The highest BCUT2D eigenvalue weighted by molar-refractivity contribution is 7.89. The van der Waals surface area contributed by atoms with E-state index in [9.17, 15) is 12.8 Å². The fourth-order valence-corrected chi connectivity index (χ4v) is 2.77. The van der Waals surface area contributed by atoms with E-state index in [0.29, 0.717) is 13.1 Å². The highest BCUT2D eigenvalue weighted by Gasteiger charge is 2.19. The predicted octanol–water partition coefficient (Wildman–Crippen LogP) is 1.58. The molecule has 0 radical (unpaired) electrons. The van der Waals surface area contributed by atoms with Gasteiger partial charge in [0, 0.05) is 13.6 Å². The van der Waals surface area contributed by atoms with Gasteiger partial charge in [0.1, 0.15) is 5.82 Å². The van der Waals surface area contributed by atoms with E-state index in [4.69, 9.17) is 5.73 Å². The Hall–Kier alpha value is -0.980. The first-order valence-electron chi connectivity index (χ1n) is 5.90. The molecule has 1 aromatic carbocycles. The molecule has 0 aliphatic rings. The van der Waals surface area contributed by atoms with Gasteiger partial charge in [0.05, 0.1) is 4.90 Å². The van der Waals surface area contributed by atoms with Crippen molar-refractivity contribution in [2.45, 2.75) is 24.2 Å². The van der Waals surface area contributed by atoms with Gasteiger partial charge in [0.2, 0.25) is 10.0 Å². The molecule has 0 aliphatic carbocycles. The van der Waals surface area contributed by atoms with Crippen molar-refractivity contribution in [1.29, 1.82) is 0 Å². The van der Waals surface area contributed by atoms with Crippen molar-refractivity contribution in [2.24, 2.45) is 5.73 Å². The zero-order valence-electron chi connectivity index (χ0n) is 10.5. The lowest BCUT2D eigenvalue weighted by molar-refractivity contribution is 0.452. The summed E-state index contributed by atoms with van der Waals surface area (Å²) in [7, 11) is -1.98. The van der Waals surface area contributed by atoms with Crippen LogP contribution < -0.4 is 5.73 Å². The Morgan fingerprint density at radius 1 is 1.17 bits per heavy atom. The molecule has 2 N–H and O–H groups in total. The van der Waals surface area contributed by atoms with Crippen LogP contribution >= 0.6 is 0 Å². The standard InChI is InChI=1S/C12H19FN2O2S/c1-15(10-4-2-3-9-14)18(16,17)12-7-5-11(13)6-8-12/h5-8H,2-4,9-10,14H2,1H3. The van der Waals surface area contributed by atoms with Gasteiger partial charge in [-0.15, -0.1) is 0 Å². The van der Waals surface area contributed by atoms with Gasteiger partial charge >= 0.3 is 0 Å². The second-order valence-corrected chi connectivity index (χ2v) is 6.17. The topological polar surface area (TPSA) is 63.4 Å². The van der Waals surface area contributed by atoms with Crippen molar-refractivity contribution in [2.75, 3.05) is 20.1 Å². The first kappa shape index (κ1) is 15.1. The summed E-state index contributed by atoms with van der Waals surface area (Å²) in [6.07, 6.45) is 2.57. The van der Waals surface area contributed by atoms with Crippen LogP contribution in [-0.2, 0) is 10.0 Å². The minimum Gasteiger partial charge on any atom is -0.330 e. The molecule has 6 heteroatoms. The van der Waals surface area contributed by atoms with Gasteiger partial charge in [-0.2, -0.15) is 0 Å². The number of unbranched alkanes of at least 4 members (excludes halogenated alkanes) is 2. The number of nitrogens with zero attached hydrogens (tertiary/aromatic N) is 1. The normalized spacial score (nSPS) is 12.0. The van der Waals surface area contributed by atoms with Crippen LogP contribution in [-0.4, -0.2) is 32.9 Å². The van der Waals surface area contributed by atoms with E-state index < -0.39 is 15.8 Å². The highest BCUT2D eigenvalue weighted by atomic mass is 32.2. The minimum atomic E-state index is -3.51. The quantitative estimate of drug-likeness (QED) is 0.768. The number of nitrogens with two attached hydrogens (primary N) is 1. The summed E-state index contributed by atoms with van der Waals surface area (Å²) in [4.78, 5) is 0.116. The summed E-state index contributed by atoms with van der Waals surface area (Å²) < 4.78 is 38.2. The van der Waals surface area contributed by atoms with Crippen LogP contribution in [0.1, 0.15) is 19.3 Å². The van der Waals surface area contributed by atoms with Crippen LogP contribution in [0.15, 0.2) is 29.2 Å². The summed E-state index contributed by atoms with van der Waals surface area (Å²) in [5, 5.41) is 0. The summed E-state index contributed by atoms with van der Waals surface area (Å²) in [6.45, 7) is 1.06. The van der Waals surface area contributed by atoms with Crippen LogP contribution in [0.4, 0.5) is 4.39 Å². The first-order valence-corrected chi connectivity index (χ1v) is 7.34. The third-order valence-electron chi connectivity index (χ3n) is 2.70. The average Bonchev–Trinajstić information content (AvgIpc) is 2.35. The third kappa shape index (κ3) is 4.04. The molecule has 1 aromatic rings. The number of rotatable bonds is 7. The van der Waals surface area contributed by atoms with E-state index >= 15 is 0 Å². The molecule has 0 atom stereocenters. The van der Waals surface area contributed by atoms with Crippen molar-refractivity contribution in [3.05, 3.63) is 30.1 Å². The molecule has 4 nitrogen and oxygen atoms in total. The summed E-state index contributed by atoms with van der Waals surface area (Å²) >= 11 is 0. The van der Waals surface area contributed by atoms with Crippen LogP contribution in [0.25, 0.3) is 0 Å². The number of halogens is 1. The summed E-state index contributed by atoms with van der Waals surface area (Å²) in [6, 6.07) is 4.85. The molecule has 0 saturated carbocycles. The minimum absolute atomic E-state index is 0.116. The lowest BCUT2D eigenvalue weighted by atomic mass is 10.2. The summed E-state index contributed by atoms with van der Waals surface area (Å²) in [5.41, 5.74) is 5.37. The van der Waals surface area contributed by atoms with Gasteiger partial charge < -0.3 is 5.73 Å². The van der Waals surface area contributed by atoms with Crippen molar-refractivity contribution in [3.8, 4) is 0 Å². The molecule has 0 fully saturated rings. The van der Waals surface area contributed by atoms with Crippen molar-refractivity contribution in [1.82, 2.24) is 4.31 Å². The van der Waals surface area contributed by atoms with Crippen molar-refractivity contribution < 1.29 is 12.8 Å². The first-order chi connectivity index (χ1) is 8.48. The predicted molar refractivity (Wildman–Crippen MR) is 69.1 cm³/mol. The van der Waals surface area contributed by atoms with Crippen LogP contribution in [0, 0.1) is 5.82 Å². The lowest BCUT2D eigenvalue weighted by Crippen LogP contribution is -2.28. The van der Waals surface area contributed by atoms with E-state index in [1.165, 1.54) is 23.5 Å². The smallest absolute Gasteiger partial charge is 0.242 e. The average molecular weight is 274 g/mol. The number of sulfonamides is 1. The lowest BCUT2D eigenvalue weighted by Gasteiger charge is -2.17. The molecule has 0 bridgehead atoms. The monoisotopic (exact) mass is 274 g/mol. The zero-order valence-corrected chi connectivity index (χ0v) is 11.3. The van der Waals surface area contributed by atoms with E-state index in [0.717, 1.165) is 31.4 Å². The zero-order chi connectivity index (χ0) is 13.6. The van der Waals surface area contributed by atoms with Gasteiger partial charge in [-0.25, -0.2) is 17.1 Å². The molecule has 0 heterocycles.